The molecule has 8 nitrogen and oxygen atoms in total. The summed E-state index contributed by atoms with van der Waals surface area (Å²) >= 11 is 0. The number of halogens is 1. The predicted molar refractivity (Wildman–Crippen MR) is 91.2 cm³/mol. The van der Waals surface area contributed by atoms with Gasteiger partial charge in [-0.15, -0.1) is 0 Å². The van der Waals surface area contributed by atoms with Gasteiger partial charge in [-0.05, 0) is 12.1 Å². The van der Waals surface area contributed by atoms with E-state index in [4.69, 9.17) is 10.5 Å². The van der Waals surface area contributed by atoms with E-state index in [2.05, 4.69) is 5.32 Å². The number of ether oxygens (including phenoxy) is 1. The third-order valence-electron chi connectivity index (χ3n) is 4.48. The van der Waals surface area contributed by atoms with E-state index in [0.717, 1.165) is 10.6 Å². The van der Waals surface area contributed by atoms with Crippen molar-refractivity contribution in [3.8, 4) is 5.69 Å². The van der Waals surface area contributed by atoms with Crippen LogP contribution in [0.5, 0.6) is 0 Å². The van der Waals surface area contributed by atoms with Gasteiger partial charge in [-0.3, -0.25) is 24.3 Å². The SMILES string of the molecule is Nc1c2c(cc(=O)n1-c1cc(F)ccc1N1CCOCC1)C(=O)NC2=O. The van der Waals surface area contributed by atoms with Crippen LogP contribution < -0.4 is 21.5 Å². The Labute approximate surface area is 147 Å². The van der Waals surface area contributed by atoms with Crippen LogP contribution in [-0.2, 0) is 4.74 Å². The second-order valence-corrected chi connectivity index (χ2v) is 6.01. The van der Waals surface area contributed by atoms with Crippen LogP contribution in [-0.4, -0.2) is 42.7 Å². The average molecular weight is 358 g/mol. The highest BCUT2D eigenvalue weighted by atomic mass is 19.1. The molecule has 1 saturated heterocycles. The van der Waals surface area contributed by atoms with Crippen LogP contribution in [0.25, 0.3) is 5.69 Å². The number of hydrogen-bond acceptors (Lipinski definition) is 6. The van der Waals surface area contributed by atoms with Gasteiger partial charge in [0, 0.05) is 25.2 Å². The van der Waals surface area contributed by atoms with Crippen molar-refractivity contribution in [1.82, 2.24) is 9.88 Å². The molecular weight excluding hydrogens is 343 g/mol. The number of aromatic nitrogens is 1. The third-order valence-corrected chi connectivity index (χ3v) is 4.48. The van der Waals surface area contributed by atoms with Gasteiger partial charge >= 0.3 is 0 Å². The number of anilines is 2. The first-order chi connectivity index (χ1) is 12.5. The van der Waals surface area contributed by atoms with Crippen LogP contribution in [0.15, 0.2) is 29.1 Å². The van der Waals surface area contributed by atoms with Gasteiger partial charge < -0.3 is 15.4 Å². The maximum atomic E-state index is 13.9. The van der Waals surface area contributed by atoms with Crippen LogP contribution in [0.3, 0.4) is 0 Å². The van der Waals surface area contributed by atoms with E-state index in [0.29, 0.717) is 32.0 Å². The van der Waals surface area contributed by atoms with E-state index in [-0.39, 0.29) is 22.6 Å². The van der Waals surface area contributed by atoms with Crippen molar-refractivity contribution in [3.05, 3.63) is 51.6 Å². The van der Waals surface area contributed by atoms with Crippen molar-refractivity contribution in [3.63, 3.8) is 0 Å². The summed E-state index contributed by atoms with van der Waals surface area (Å²) in [7, 11) is 0. The van der Waals surface area contributed by atoms with E-state index in [1.54, 1.807) is 6.07 Å². The number of carbonyl (C=O) groups excluding carboxylic acids is 2. The summed E-state index contributed by atoms with van der Waals surface area (Å²) in [5.74, 6) is -2.10. The second kappa shape index (κ2) is 5.95. The molecule has 3 heterocycles. The topological polar surface area (TPSA) is 107 Å². The summed E-state index contributed by atoms with van der Waals surface area (Å²) in [6, 6.07) is 5.07. The molecule has 2 aromatic rings. The van der Waals surface area contributed by atoms with Crippen molar-refractivity contribution < 1.29 is 18.7 Å². The summed E-state index contributed by atoms with van der Waals surface area (Å²) < 4.78 is 20.3. The van der Waals surface area contributed by atoms with Gasteiger partial charge in [-0.2, -0.15) is 0 Å². The Kier molecular flexibility index (Phi) is 3.73. The number of nitrogens with two attached hydrogens (primary N) is 1. The molecule has 1 fully saturated rings. The number of nitrogen functional groups attached to an aromatic ring is 1. The van der Waals surface area contributed by atoms with Crippen LogP contribution in [0, 0.1) is 5.82 Å². The molecule has 0 bridgehead atoms. The number of fused-ring (bicyclic) bond motifs is 1. The monoisotopic (exact) mass is 358 g/mol. The van der Waals surface area contributed by atoms with Gasteiger partial charge in [-0.25, -0.2) is 4.39 Å². The highest BCUT2D eigenvalue weighted by molar-refractivity contribution is 6.23. The smallest absolute Gasteiger partial charge is 0.262 e. The van der Waals surface area contributed by atoms with E-state index < -0.39 is 23.2 Å². The summed E-state index contributed by atoms with van der Waals surface area (Å²) in [6.45, 7) is 2.14. The minimum absolute atomic E-state index is 0.0712. The van der Waals surface area contributed by atoms with E-state index in [1.165, 1.54) is 12.1 Å². The molecule has 26 heavy (non-hydrogen) atoms. The van der Waals surface area contributed by atoms with Crippen molar-refractivity contribution in [2.45, 2.75) is 0 Å². The maximum absolute atomic E-state index is 13.9. The molecular formula is C17H15FN4O4. The summed E-state index contributed by atoms with van der Waals surface area (Å²) in [4.78, 5) is 38.4. The summed E-state index contributed by atoms with van der Waals surface area (Å²) in [5, 5.41) is 2.11. The standard InChI is InChI=1S/C17H15FN4O4/c18-9-1-2-11(21-3-5-26-6-4-21)12(7-9)22-13(23)8-10-14(15(22)19)17(25)20-16(10)24/h1-2,7-8H,3-6,19H2,(H,20,24,25). The minimum atomic E-state index is -0.680. The fourth-order valence-corrected chi connectivity index (χ4v) is 3.28. The number of carbonyl (C=O) groups is 2. The van der Waals surface area contributed by atoms with Gasteiger partial charge in [0.05, 0.1) is 35.7 Å². The van der Waals surface area contributed by atoms with Crippen LogP contribution >= 0.6 is 0 Å². The van der Waals surface area contributed by atoms with Gasteiger partial charge in [0.2, 0.25) is 0 Å². The van der Waals surface area contributed by atoms with Gasteiger partial charge in [0.1, 0.15) is 11.6 Å². The van der Waals surface area contributed by atoms with Crippen LogP contribution in [0.1, 0.15) is 20.7 Å². The number of nitrogens with zero attached hydrogens (tertiary/aromatic N) is 2. The Bertz CT molecular complexity index is 995. The van der Waals surface area contributed by atoms with Crippen LogP contribution in [0.4, 0.5) is 15.9 Å². The lowest BCUT2D eigenvalue weighted by Gasteiger charge is -2.31. The predicted octanol–water partition coefficient (Wildman–Crippen LogP) is 0.279. The number of amides is 2. The second-order valence-electron chi connectivity index (χ2n) is 6.01. The molecule has 2 aliphatic rings. The Morgan fingerprint density at radius 1 is 1.04 bits per heavy atom. The normalized spacial score (nSPS) is 16.6. The first-order valence-electron chi connectivity index (χ1n) is 8.01. The Morgan fingerprint density at radius 3 is 2.50 bits per heavy atom. The molecule has 2 amide bonds. The lowest BCUT2D eigenvalue weighted by Crippen LogP contribution is -2.37. The Balaban J connectivity index is 1.95. The van der Waals surface area contributed by atoms with Gasteiger partial charge in [0.25, 0.3) is 17.4 Å². The zero-order valence-electron chi connectivity index (χ0n) is 13.6. The number of imide groups is 1. The number of benzene rings is 1. The molecule has 1 aromatic carbocycles. The first-order valence-corrected chi connectivity index (χ1v) is 8.01. The summed E-state index contributed by atoms with van der Waals surface area (Å²) in [5.41, 5.74) is 6.09. The van der Waals surface area contributed by atoms with E-state index in [1.807, 2.05) is 4.90 Å². The lowest BCUT2D eigenvalue weighted by molar-refractivity contribution is 0.0880. The van der Waals surface area contributed by atoms with Gasteiger partial charge in [-0.1, -0.05) is 0 Å². The number of hydrogen-bond donors (Lipinski definition) is 2. The quantitative estimate of drug-likeness (QED) is 0.747. The molecule has 0 radical (unpaired) electrons. The van der Waals surface area contributed by atoms with E-state index in [9.17, 15) is 18.8 Å². The third kappa shape index (κ3) is 2.44. The largest absolute Gasteiger partial charge is 0.384 e. The van der Waals surface area contributed by atoms with E-state index >= 15 is 0 Å². The van der Waals surface area contributed by atoms with Gasteiger partial charge in [0.15, 0.2) is 0 Å². The molecule has 2 aliphatic heterocycles. The Hall–Kier alpha value is -3.20. The lowest BCUT2D eigenvalue weighted by atomic mass is 10.1. The first kappa shape index (κ1) is 16.3. The minimum Gasteiger partial charge on any atom is -0.384 e. The molecule has 134 valence electrons. The fraction of sp³-hybridized carbons (Fsp3) is 0.235. The number of pyridine rings is 1. The fourth-order valence-electron chi connectivity index (χ4n) is 3.28. The molecule has 1 aromatic heterocycles. The number of rotatable bonds is 2. The molecule has 0 saturated carbocycles. The average Bonchev–Trinajstić information content (AvgIpc) is 2.90. The molecule has 0 aliphatic carbocycles. The van der Waals surface area contributed by atoms with Crippen LogP contribution in [0.2, 0.25) is 0 Å². The zero-order valence-corrected chi connectivity index (χ0v) is 13.6. The van der Waals surface area contributed by atoms with Crippen molar-refractivity contribution in [2.24, 2.45) is 0 Å². The maximum Gasteiger partial charge on any atom is 0.262 e. The number of nitrogens with one attached hydrogen (secondary N) is 1. The zero-order chi connectivity index (χ0) is 18.4. The molecule has 0 unspecified atom stereocenters. The Morgan fingerprint density at radius 2 is 1.77 bits per heavy atom. The summed E-state index contributed by atoms with van der Waals surface area (Å²) in [6.07, 6.45) is 0. The molecule has 4 rings (SSSR count). The van der Waals surface area contributed by atoms with Crippen molar-refractivity contribution in [2.75, 3.05) is 36.9 Å². The molecule has 0 atom stereocenters. The molecule has 3 N–H and O–H groups in total. The van der Waals surface area contributed by atoms with Crippen molar-refractivity contribution >= 4 is 23.3 Å². The van der Waals surface area contributed by atoms with Crippen molar-refractivity contribution in [1.29, 1.82) is 0 Å². The molecule has 0 spiro atoms. The number of morpholine rings is 1. The highest BCUT2D eigenvalue weighted by Gasteiger charge is 2.32. The molecule has 9 heteroatoms. The highest BCUT2D eigenvalue weighted by Crippen LogP contribution is 2.30.